The first-order valence-corrected chi connectivity index (χ1v) is 6.03. The second-order valence-corrected chi connectivity index (χ2v) is 4.62. The van der Waals surface area contributed by atoms with Gasteiger partial charge in [-0.3, -0.25) is 4.90 Å². The number of rotatable bonds is 2. The maximum absolute atomic E-state index is 13.2. The van der Waals surface area contributed by atoms with E-state index < -0.39 is 0 Å². The molecule has 18 heavy (non-hydrogen) atoms. The van der Waals surface area contributed by atoms with Crippen LogP contribution in [0.4, 0.5) is 4.39 Å². The first-order chi connectivity index (χ1) is 8.72. The summed E-state index contributed by atoms with van der Waals surface area (Å²) < 4.78 is 13.2. The highest BCUT2D eigenvalue weighted by atomic mass is 19.1. The largest absolute Gasteiger partial charge is 0.298 e. The highest BCUT2D eigenvalue weighted by Gasteiger charge is 2.20. The van der Waals surface area contributed by atoms with Gasteiger partial charge in [0.15, 0.2) is 0 Å². The van der Waals surface area contributed by atoms with Gasteiger partial charge in [0.25, 0.3) is 0 Å². The highest BCUT2D eigenvalue weighted by Crippen LogP contribution is 2.19. The van der Waals surface area contributed by atoms with Crippen molar-refractivity contribution in [2.45, 2.75) is 19.4 Å². The van der Waals surface area contributed by atoms with Crippen molar-refractivity contribution >= 4 is 0 Å². The molecule has 0 spiro atoms. The van der Waals surface area contributed by atoms with E-state index in [4.69, 9.17) is 10.5 Å². The lowest BCUT2D eigenvalue weighted by atomic mass is 9.98. The van der Waals surface area contributed by atoms with Crippen molar-refractivity contribution in [1.29, 1.82) is 10.5 Å². The average molecular weight is 243 g/mol. The van der Waals surface area contributed by atoms with E-state index in [0.717, 1.165) is 19.4 Å². The van der Waals surface area contributed by atoms with E-state index in [9.17, 15) is 4.39 Å². The van der Waals surface area contributed by atoms with E-state index in [1.807, 2.05) is 0 Å². The molecular weight excluding hydrogens is 229 g/mol. The number of hydrogen-bond donors (Lipinski definition) is 0. The molecule has 0 bridgehead atoms. The Kier molecular flexibility index (Phi) is 3.92. The number of hydrogen-bond acceptors (Lipinski definition) is 3. The molecule has 92 valence electrons. The molecule has 3 nitrogen and oxygen atoms in total. The van der Waals surface area contributed by atoms with Crippen molar-refractivity contribution in [2.75, 3.05) is 13.1 Å². The maximum atomic E-state index is 13.2. The summed E-state index contributed by atoms with van der Waals surface area (Å²) in [6.07, 6.45) is 1.91. The third-order valence-electron chi connectivity index (χ3n) is 3.27. The van der Waals surface area contributed by atoms with E-state index in [0.29, 0.717) is 24.2 Å². The van der Waals surface area contributed by atoms with Crippen molar-refractivity contribution in [2.24, 2.45) is 5.92 Å². The van der Waals surface area contributed by atoms with E-state index >= 15 is 0 Å². The van der Waals surface area contributed by atoms with Crippen LogP contribution in [0.1, 0.15) is 24.0 Å². The second kappa shape index (κ2) is 5.62. The smallest absolute Gasteiger partial charge is 0.123 e. The molecule has 1 aliphatic rings. The van der Waals surface area contributed by atoms with E-state index in [1.54, 1.807) is 0 Å². The van der Waals surface area contributed by atoms with Gasteiger partial charge in [0.1, 0.15) is 5.82 Å². The first kappa shape index (κ1) is 12.5. The summed E-state index contributed by atoms with van der Waals surface area (Å²) >= 11 is 0. The Labute approximate surface area is 106 Å². The minimum Gasteiger partial charge on any atom is -0.298 e. The fourth-order valence-corrected chi connectivity index (χ4v) is 2.35. The summed E-state index contributed by atoms with van der Waals surface area (Å²) in [5.74, 6) is -0.268. The molecule has 1 unspecified atom stereocenters. The van der Waals surface area contributed by atoms with Gasteiger partial charge in [0, 0.05) is 13.1 Å². The number of likely N-dealkylation sites (tertiary alicyclic amines) is 1. The van der Waals surface area contributed by atoms with Crippen molar-refractivity contribution in [3.8, 4) is 12.1 Å². The Hall–Kier alpha value is -1.91. The predicted molar refractivity (Wildman–Crippen MR) is 64.7 cm³/mol. The quantitative estimate of drug-likeness (QED) is 0.801. The molecule has 1 fully saturated rings. The molecule has 1 atom stereocenters. The van der Waals surface area contributed by atoms with Crippen molar-refractivity contribution in [3.63, 3.8) is 0 Å². The molecule has 1 saturated heterocycles. The lowest BCUT2D eigenvalue weighted by Crippen LogP contribution is -2.34. The Morgan fingerprint density at radius 2 is 2.22 bits per heavy atom. The Balaban J connectivity index is 2.12. The summed E-state index contributed by atoms with van der Waals surface area (Å²) in [5, 5.41) is 17.9. The van der Waals surface area contributed by atoms with E-state index in [1.165, 1.54) is 18.2 Å². The molecule has 1 heterocycles. The molecule has 2 rings (SSSR count). The van der Waals surface area contributed by atoms with Crippen LogP contribution in [0.25, 0.3) is 0 Å². The molecule has 0 saturated carbocycles. The van der Waals surface area contributed by atoms with Crippen LogP contribution in [0, 0.1) is 34.4 Å². The normalized spacial score (nSPS) is 20.1. The first-order valence-electron chi connectivity index (χ1n) is 6.03. The van der Waals surface area contributed by atoms with Crippen LogP contribution < -0.4 is 0 Å². The standard InChI is InChI=1S/C14H14FN3/c15-14-4-3-12(8-17)13(6-14)10-18-5-1-2-11(7-16)9-18/h3-4,6,11H,1-2,5,9-10H2. The summed E-state index contributed by atoms with van der Waals surface area (Å²) in [6.45, 7) is 2.15. The molecule has 1 aromatic carbocycles. The van der Waals surface area contributed by atoms with Crippen molar-refractivity contribution in [1.82, 2.24) is 4.90 Å². The molecule has 0 aliphatic carbocycles. The van der Waals surface area contributed by atoms with Crippen molar-refractivity contribution in [3.05, 3.63) is 35.1 Å². The van der Waals surface area contributed by atoms with E-state index in [-0.39, 0.29) is 11.7 Å². The zero-order valence-electron chi connectivity index (χ0n) is 10.1. The fraction of sp³-hybridized carbons (Fsp3) is 0.429. The van der Waals surface area contributed by atoms with Gasteiger partial charge < -0.3 is 0 Å². The highest BCUT2D eigenvalue weighted by molar-refractivity contribution is 5.37. The number of nitriles is 2. The topological polar surface area (TPSA) is 50.8 Å². The van der Waals surface area contributed by atoms with Gasteiger partial charge in [-0.05, 0) is 43.1 Å². The summed E-state index contributed by atoms with van der Waals surface area (Å²) in [7, 11) is 0. The van der Waals surface area contributed by atoms with Crippen LogP contribution in [-0.4, -0.2) is 18.0 Å². The lowest BCUT2D eigenvalue weighted by Gasteiger charge is -2.29. The van der Waals surface area contributed by atoms with Gasteiger partial charge >= 0.3 is 0 Å². The molecule has 0 N–H and O–H groups in total. The van der Waals surface area contributed by atoms with Crippen LogP contribution in [0.15, 0.2) is 18.2 Å². The van der Waals surface area contributed by atoms with Crippen molar-refractivity contribution < 1.29 is 4.39 Å². The third-order valence-corrected chi connectivity index (χ3v) is 3.27. The predicted octanol–water partition coefficient (Wildman–Crippen LogP) is 2.43. The van der Waals surface area contributed by atoms with Crippen LogP contribution in [-0.2, 0) is 6.54 Å². The van der Waals surface area contributed by atoms with Gasteiger partial charge in [-0.15, -0.1) is 0 Å². The summed E-state index contributed by atoms with van der Waals surface area (Å²) in [5.41, 5.74) is 1.21. The number of benzene rings is 1. The molecular formula is C14H14FN3. The Morgan fingerprint density at radius 1 is 1.39 bits per heavy atom. The van der Waals surface area contributed by atoms with Gasteiger partial charge in [0.05, 0.1) is 23.6 Å². The summed E-state index contributed by atoms with van der Waals surface area (Å²) in [4.78, 5) is 2.12. The second-order valence-electron chi connectivity index (χ2n) is 4.62. The van der Waals surface area contributed by atoms with Crippen LogP contribution in [0.2, 0.25) is 0 Å². The van der Waals surface area contributed by atoms with Gasteiger partial charge in [-0.2, -0.15) is 10.5 Å². The SMILES string of the molecule is N#Cc1ccc(F)cc1CN1CCCC(C#N)C1. The molecule has 0 amide bonds. The Bertz CT molecular complexity index is 513. The van der Waals surface area contributed by atoms with Gasteiger partial charge in [0.2, 0.25) is 0 Å². The molecule has 0 radical (unpaired) electrons. The van der Waals surface area contributed by atoms with Crippen LogP contribution in [0.3, 0.4) is 0 Å². The Morgan fingerprint density at radius 3 is 2.94 bits per heavy atom. The number of nitrogens with zero attached hydrogens (tertiary/aromatic N) is 3. The minimum atomic E-state index is -0.321. The maximum Gasteiger partial charge on any atom is 0.123 e. The zero-order valence-corrected chi connectivity index (χ0v) is 10.1. The third kappa shape index (κ3) is 2.85. The molecule has 0 aromatic heterocycles. The van der Waals surface area contributed by atoms with Crippen LogP contribution in [0.5, 0.6) is 0 Å². The lowest BCUT2D eigenvalue weighted by molar-refractivity contribution is 0.192. The summed E-state index contributed by atoms with van der Waals surface area (Å²) in [6, 6.07) is 8.58. The molecule has 4 heteroatoms. The minimum absolute atomic E-state index is 0.0536. The monoisotopic (exact) mass is 243 g/mol. The molecule has 1 aromatic rings. The number of halogens is 1. The van der Waals surface area contributed by atoms with Crippen LogP contribution >= 0.6 is 0 Å². The zero-order chi connectivity index (χ0) is 13.0. The number of piperidine rings is 1. The fourth-order valence-electron chi connectivity index (χ4n) is 2.35. The molecule has 1 aliphatic heterocycles. The average Bonchev–Trinajstić information content (AvgIpc) is 2.39. The van der Waals surface area contributed by atoms with Gasteiger partial charge in [-0.1, -0.05) is 0 Å². The van der Waals surface area contributed by atoms with E-state index in [2.05, 4.69) is 17.0 Å². The van der Waals surface area contributed by atoms with Gasteiger partial charge in [-0.25, -0.2) is 4.39 Å².